The first-order valence-electron chi connectivity index (χ1n) is 6.53. The van der Waals surface area contributed by atoms with E-state index in [0.717, 1.165) is 17.5 Å². The Bertz CT molecular complexity index is 462. The van der Waals surface area contributed by atoms with E-state index in [0.29, 0.717) is 19.6 Å². The Morgan fingerprint density at radius 1 is 1.30 bits per heavy atom. The molecule has 0 aliphatic carbocycles. The molecule has 2 N–H and O–H groups in total. The van der Waals surface area contributed by atoms with Crippen LogP contribution in [0, 0.1) is 12.8 Å². The summed E-state index contributed by atoms with van der Waals surface area (Å²) in [5.74, 6) is 0.0990. The number of halogens is 3. The molecule has 3 nitrogen and oxygen atoms in total. The van der Waals surface area contributed by atoms with Gasteiger partial charge in [0, 0.05) is 6.04 Å². The fraction of sp³-hybridized carbons (Fsp3) is 0.571. The summed E-state index contributed by atoms with van der Waals surface area (Å²) in [4.78, 5) is 0. The molecule has 2 atom stereocenters. The van der Waals surface area contributed by atoms with Crippen molar-refractivity contribution in [3.8, 4) is 5.75 Å². The SMILES string of the molecule is Cc1cc(CCC2COCC2N)cc(OC(F)(F)F)c1. The maximum absolute atomic E-state index is 12.2. The number of aryl methyl sites for hydroxylation is 2. The van der Waals surface area contributed by atoms with Crippen molar-refractivity contribution in [1.29, 1.82) is 0 Å². The lowest BCUT2D eigenvalue weighted by Gasteiger charge is -2.14. The van der Waals surface area contributed by atoms with Gasteiger partial charge >= 0.3 is 6.36 Å². The van der Waals surface area contributed by atoms with E-state index in [2.05, 4.69) is 4.74 Å². The number of alkyl halides is 3. The van der Waals surface area contributed by atoms with E-state index in [9.17, 15) is 13.2 Å². The normalized spacial score (nSPS) is 23.1. The van der Waals surface area contributed by atoms with Gasteiger partial charge in [0.1, 0.15) is 5.75 Å². The molecule has 0 saturated carbocycles. The number of hydrogen-bond acceptors (Lipinski definition) is 3. The highest BCUT2D eigenvalue weighted by molar-refractivity contribution is 5.34. The number of hydrogen-bond donors (Lipinski definition) is 1. The van der Waals surface area contributed by atoms with Crippen LogP contribution < -0.4 is 10.5 Å². The van der Waals surface area contributed by atoms with Crippen molar-refractivity contribution in [2.45, 2.75) is 32.2 Å². The first kappa shape index (κ1) is 15.1. The average Bonchev–Trinajstić information content (AvgIpc) is 2.69. The van der Waals surface area contributed by atoms with Crippen LogP contribution in [0.2, 0.25) is 0 Å². The van der Waals surface area contributed by atoms with Gasteiger partial charge in [-0.25, -0.2) is 0 Å². The molecule has 112 valence electrons. The largest absolute Gasteiger partial charge is 0.573 e. The molecule has 1 fully saturated rings. The zero-order valence-corrected chi connectivity index (χ0v) is 11.2. The van der Waals surface area contributed by atoms with E-state index in [-0.39, 0.29) is 17.7 Å². The highest BCUT2D eigenvalue weighted by atomic mass is 19.4. The molecule has 2 rings (SSSR count). The Morgan fingerprint density at radius 2 is 2.05 bits per heavy atom. The Hall–Kier alpha value is -1.27. The minimum absolute atomic E-state index is 0.0192. The first-order chi connectivity index (χ1) is 9.33. The lowest BCUT2D eigenvalue weighted by atomic mass is 9.95. The second kappa shape index (κ2) is 6.01. The van der Waals surface area contributed by atoms with Gasteiger partial charge in [0.15, 0.2) is 0 Å². The highest BCUT2D eigenvalue weighted by Crippen LogP contribution is 2.26. The van der Waals surface area contributed by atoms with Gasteiger partial charge in [-0.1, -0.05) is 6.07 Å². The standard InChI is InChI=1S/C14H18F3NO2/c1-9-4-10(2-3-11-7-19-8-13(11)18)6-12(5-9)20-14(15,16)17/h4-6,11,13H,2-3,7-8,18H2,1H3. The fourth-order valence-electron chi connectivity index (χ4n) is 2.43. The molecule has 2 unspecified atom stereocenters. The van der Waals surface area contributed by atoms with E-state index in [1.807, 2.05) is 6.07 Å². The topological polar surface area (TPSA) is 44.5 Å². The molecule has 0 amide bonds. The molecular formula is C14H18F3NO2. The molecule has 20 heavy (non-hydrogen) atoms. The van der Waals surface area contributed by atoms with Crippen LogP contribution in [0.3, 0.4) is 0 Å². The van der Waals surface area contributed by atoms with Gasteiger partial charge in [-0.3, -0.25) is 0 Å². The number of nitrogens with two attached hydrogens (primary N) is 1. The molecule has 1 aromatic rings. The predicted octanol–water partition coefficient (Wildman–Crippen LogP) is 2.80. The summed E-state index contributed by atoms with van der Waals surface area (Å²) < 4.78 is 45.9. The molecule has 1 saturated heterocycles. The molecule has 0 spiro atoms. The van der Waals surface area contributed by atoms with Gasteiger partial charge in [-0.05, 0) is 48.9 Å². The molecule has 1 aliphatic heterocycles. The van der Waals surface area contributed by atoms with Crippen molar-refractivity contribution in [2.24, 2.45) is 11.7 Å². The lowest BCUT2D eigenvalue weighted by Crippen LogP contribution is -2.28. The third kappa shape index (κ3) is 4.38. The van der Waals surface area contributed by atoms with E-state index in [1.165, 1.54) is 12.1 Å². The van der Waals surface area contributed by atoms with Gasteiger partial charge in [0.25, 0.3) is 0 Å². The van der Waals surface area contributed by atoms with Crippen molar-refractivity contribution >= 4 is 0 Å². The molecule has 0 bridgehead atoms. The van der Waals surface area contributed by atoms with Gasteiger partial charge in [0.05, 0.1) is 13.2 Å². The Kier molecular flexibility index (Phi) is 4.55. The van der Waals surface area contributed by atoms with Crippen molar-refractivity contribution in [3.05, 3.63) is 29.3 Å². The second-order valence-electron chi connectivity index (χ2n) is 5.20. The van der Waals surface area contributed by atoms with Crippen LogP contribution in [0.4, 0.5) is 13.2 Å². The van der Waals surface area contributed by atoms with Crippen molar-refractivity contribution in [1.82, 2.24) is 0 Å². The summed E-state index contributed by atoms with van der Waals surface area (Å²) in [6.45, 7) is 2.93. The maximum Gasteiger partial charge on any atom is 0.573 e. The van der Waals surface area contributed by atoms with E-state index in [4.69, 9.17) is 10.5 Å². The number of ether oxygens (including phenoxy) is 2. The summed E-state index contributed by atoms with van der Waals surface area (Å²) in [7, 11) is 0. The minimum Gasteiger partial charge on any atom is -0.406 e. The summed E-state index contributed by atoms with van der Waals surface area (Å²) in [5, 5.41) is 0. The zero-order chi connectivity index (χ0) is 14.8. The minimum atomic E-state index is -4.66. The van der Waals surface area contributed by atoms with Crippen molar-refractivity contribution in [2.75, 3.05) is 13.2 Å². The van der Waals surface area contributed by atoms with Crippen LogP contribution in [0.1, 0.15) is 17.5 Å². The summed E-state index contributed by atoms with van der Waals surface area (Å²) in [5.41, 5.74) is 7.45. The van der Waals surface area contributed by atoms with Crippen LogP contribution >= 0.6 is 0 Å². The molecule has 1 heterocycles. The average molecular weight is 289 g/mol. The van der Waals surface area contributed by atoms with Crippen LogP contribution in [0.15, 0.2) is 18.2 Å². The third-order valence-corrected chi connectivity index (χ3v) is 3.40. The Morgan fingerprint density at radius 3 is 2.65 bits per heavy atom. The van der Waals surface area contributed by atoms with E-state index >= 15 is 0 Å². The molecule has 1 aliphatic rings. The quantitative estimate of drug-likeness (QED) is 0.927. The molecule has 0 radical (unpaired) electrons. The fourth-order valence-corrected chi connectivity index (χ4v) is 2.43. The summed E-state index contributed by atoms with van der Waals surface area (Å²) >= 11 is 0. The van der Waals surface area contributed by atoms with Crippen molar-refractivity contribution < 1.29 is 22.6 Å². The lowest BCUT2D eigenvalue weighted by molar-refractivity contribution is -0.274. The van der Waals surface area contributed by atoms with Gasteiger partial charge in [-0.15, -0.1) is 13.2 Å². The van der Waals surface area contributed by atoms with Gasteiger partial charge in [0.2, 0.25) is 0 Å². The molecule has 1 aromatic carbocycles. The predicted molar refractivity (Wildman–Crippen MR) is 68.5 cm³/mol. The van der Waals surface area contributed by atoms with Crippen LogP contribution in [0.25, 0.3) is 0 Å². The van der Waals surface area contributed by atoms with Gasteiger partial charge < -0.3 is 15.2 Å². The molecule has 0 aromatic heterocycles. The number of rotatable bonds is 4. The highest BCUT2D eigenvalue weighted by Gasteiger charge is 2.31. The van der Waals surface area contributed by atoms with E-state index in [1.54, 1.807) is 6.92 Å². The third-order valence-electron chi connectivity index (χ3n) is 3.40. The molecule has 6 heteroatoms. The zero-order valence-electron chi connectivity index (χ0n) is 11.2. The van der Waals surface area contributed by atoms with Crippen LogP contribution in [-0.2, 0) is 11.2 Å². The Balaban J connectivity index is 2.00. The molecular weight excluding hydrogens is 271 g/mol. The van der Waals surface area contributed by atoms with Crippen LogP contribution in [-0.4, -0.2) is 25.6 Å². The number of benzene rings is 1. The van der Waals surface area contributed by atoms with Gasteiger partial charge in [-0.2, -0.15) is 0 Å². The first-order valence-corrected chi connectivity index (χ1v) is 6.53. The summed E-state index contributed by atoms with van der Waals surface area (Å²) in [6.07, 6.45) is -3.19. The monoisotopic (exact) mass is 289 g/mol. The Labute approximate surface area is 115 Å². The van der Waals surface area contributed by atoms with Crippen LogP contribution in [0.5, 0.6) is 5.75 Å². The second-order valence-corrected chi connectivity index (χ2v) is 5.20. The van der Waals surface area contributed by atoms with E-state index < -0.39 is 6.36 Å². The smallest absolute Gasteiger partial charge is 0.406 e. The summed E-state index contributed by atoms with van der Waals surface area (Å²) in [6, 6.07) is 4.69. The maximum atomic E-state index is 12.2. The van der Waals surface area contributed by atoms with Crippen molar-refractivity contribution in [3.63, 3.8) is 0 Å².